The molecule has 2 aromatic rings. The van der Waals surface area contributed by atoms with Crippen molar-refractivity contribution in [2.45, 2.75) is 114 Å². The average Bonchev–Trinajstić information content (AvgIpc) is 3.91. The second kappa shape index (κ2) is 13.2. The van der Waals surface area contributed by atoms with Crippen molar-refractivity contribution in [1.82, 2.24) is 14.6 Å². The van der Waals surface area contributed by atoms with E-state index in [1.54, 1.807) is 20.8 Å². The summed E-state index contributed by atoms with van der Waals surface area (Å²) in [5.74, 6) is -3.97. The lowest BCUT2D eigenvalue weighted by atomic mass is 9.91. The number of nitrogens with zero attached hydrogens (tertiary/aromatic N) is 2. The average molecular weight is 703 g/mol. The fourth-order valence-corrected chi connectivity index (χ4v) is 8.28. The van der Waals surface area contributed by atoms with Gasteiger partial charge in [0, 0.05) is 24.3 Å². The maximum Gasteiger partial charge on any atom is 0.240 e. The molecule has 0 radical (unpaired) electrons. The third kappa shape index (κ3) is 7.03. The molecule has 1 aromatic carbocycles. The van der Waals surface area contributed by atoms with Gasteiger partial charge in [-0.2, -0.15) is 0 Å². The summed E-state index contributed by atoms with van der Waals surface area (Å²) in [4.78, 5) is 47.3. The number of amides is 2. The Morgan fingerprint density at radius 3 is 2.63 bits per heavy atom. The van der Waals surface area contributed by atoms with Gasteiger partial charge < -0.3 is 20.1 Å². The zero-order chi connectivity index (χ0) is 35.3. The first-order valence-corrected chi connectivity index (χ1v) is 18.6. The molecule has 2 aliphatic carbocycles. The minimum Gasteiger partial charge on any atom is -0.488 e. The number of hydrogen-bond acceptors (Lipinski definition) is 9. The van der Waals surface area contributed by atoms with E-state index in [9.17, 15) is 31.6 Å². The molecule has 266 valence electrons. The van der Waals surface area contributed by atoms with Crippen LogP contribution >= 0.6 is 0 Å². The molecule has 4 aliphatic rings. The van der Waals surface area contributed by atoms with Gasteiger partial charge in [-0.05, 0) is 77.3 Å². The second-order valence-corrected chi connectivity index (χ2v) is 16.7. The third-order valence-corrected chi connectivity index (χ3v) is 12.5. The van der Waals surface area contributed by atoms with Gasteiger partial charge >= 0.3 is 0 Å². The summed E-state index contributed by atoms with van der Waals surface area (Å²) in [6.07, 6.45) is 7.33. The number of sulfonamides is 1. The number of carbonyl (C=O) groups excluding carboxylic acids is 3. The minimum atomic E-state index is -3.94. The van der Waals surface area contributed by atoms with Gasteiger partial charge in [-0.15, -0.1) is 0 Å². The van der Waals surface area contributed by atoms with Crippen LogP contribution in [0.5, 0.6) is 11.6 Å². The predicted octanol–water partition coefficient (Wildman–Crippen LogP) is 4.46. The first-order valence-electron chi connectivity index (χ1n) is 17.1. The molecule has 2 amide bonds. The van der Waals surface area contributed by atoms with E-state index in [0.717, 1.165) is 25.3 Å². The molecule has 3 heterocycles. The number of pyridine rings is 1. The molecule has 0 spiro atoms. The molecule has 1 saturated heterocycles. The van der Waals surface area contributed by atoms with Crippen LogP contribution in [0.25, 0.3) is 10.9 Å². The number of hydrogen-bond donors (Lipinski definition) is 2. The monoisotopic (exact) mass is 702 g/mol. The van der Waals surface area contributed by atoms with Gasteiger partial charge in [-0.25, -0.2) is 22.2 Å². The largest absolute Gasteiger partial charge is 0.488 e. The number of allylic oxidation sites excluding steroid dienone is 2. The molecule has 0 unspecified atom stereocenters. The maximum atomic E-state index is 14.9. The zero-order valence-electron chi connectivity index (χ0n) is 28.0. The van der Waals surface area contributed by atoms with Crippen molar-refractivity contribution < 1.29 is 41.1 Å². The number of nitrogens with one attached hydrogen (secondary N) is 1. The van der Waals surface area contributed by atoms with E-state index < -0.39 is 67.6 Å². The Labute approximate surface area is 285 Å². The lowest BCUT2D eigenvalue weighted by Gasteiger charge is -2.27. The Bertz CT molecular complexity index is 1800. The maximum absolute atomic E-state index is 14.9. The third-order valence-electron chi connectivity index (χ3n) is 10.4. The molecule has 6 rings (SSSR count). The van der Waals surface area contributed by atoms with Crippen molar-refractivity contribution in [3.8, 4) is 11.6 Å². The van der Waals surface area contributed by atoms with E-state index in [0.29, 0.717) is 32.1 Å². The van der Waals surface area contributed by atoms with Crippen LogP contribution < -0.4 is 19.9 Å². The minimum absolute atomic E-state index is 0.0137. The molecule has 14 heteroatoms. The molecular formula is C35H44F2N4O7S. The Kier molecular flexibility index (Phi) is 9.50. The van der Waals surface area contributed by atoms with E-state index in [4.69, 9.17) is 15.2 Å². The van der Waals surface area contributed by atoms with E-state index in [2.05, 4.69) is 9.71 Å². The topological polar surface area (TPSA) is 158 Å². The Balaban J connectivity index is 1.31. The molecule has 5 atom stereocenters. The van der Waals surface area contributed by atoms with Crippen LogP contribution in [-0.4, -0.2) is 71.5 Å². The van der Waals surface area contributed by atoms with Crippen LogP contribution in [0.4, 0.5) is 8.78 Å². The number of ether oxygens (including phenoxy) is 2. The number of nitrogens with two attached hydrogens (primary N) is 1. The summed E-state index contributed by atoms with van der Waals surface area (Å²) in [6, 6.07) is 1.90. The van der Waals surface area contributed by atoms with Crippen LogP contribution in [0.3, 0.4) is 0 Å². The van der Waals surface area contributed by atoms with Crippen LogP contribution in [0.2, 0.25) is 0 Å². The van der Waals surface area contributed by atoms with Crippen LogP contribution in [-0.2, 0) is 24.4 Å². The van der Waals surface area contributed by atoms with Crippen molar-refractivity contribution in [3.63, 3.8) is 0 Å². The lowest BCUT2D eigenvalue weighted by Crippen LogP contribution is -2.50. The molecule has 1 aromatic heterocycles. The number of aromatic nitrogens is 1. The molecule has 3 N–H and O–H groups in total. The van der Waals surface area contributed by atoms with Crippen molar-refractivity contribution in [2.75, 3.05) is 6.54 Å². The number of Topliss-reactive ketones (excluding diaryl/α,β-unsaturated/α-hetero) is 1. The van der Waals surface area contributed by atoms with Gasteiger partial charge in [0.15, 0.2) is 17.4 Å². The summed E-state index contributed by atoms with van der Waals surface area (Å²) in [7, 11) is -3.94. The summed E-state index contributed by atoms with van der Waals surface area (Å²) in [6.45, 7) is 5.08. The summed E-state index contributed by atoms with van der Waals surface area (Å²) in [5, 5.41) is 0.183. The van der Waals surface area contributed by atoms with Gasteiger partial charge in [0.1, 0.15) is 17.4 Å². The lowest BCUT2D eigenvalue weighted by molar-refractivity contribution is -0.140. The van der Waals surface area contributed by atoms with Gasteiger partial charge in [-0.1, -0.05) is 25.0 Å². The highest BCUT2D eigenvalue weighted by Gasteiger charge is 2.62. The Hall–Kier alpha value is -3.65. The molecule has 11 nitrogen and oxygen atoms in total. The number of fused-ring (bicyclic) bond motifs is 3. The summed E-state index contributed by atoms with van der Waals surface area (Å²) >= 11 is 0. The number of rotatable bonds is 7. The predicted molar refractivity (Wildman–Crippen MR) is 177 cm³/mol. The quantitative estimate of drug-likeness (QED) is 0.398. The molecule has 3 fully saturated rings. The smallest absolute Gasteiger partial charge is 0.240 e. The number of halogens is 2. The van der Waals surface area contributed by atoms with Crippen molar-refractivity contribution in [1.29, 1.82) is 0 Å². The van der Waals surface area contributed by atoms with Crippen LogP contribution in [0, 0.1) is 23.0 Å². The SMILES string of the molecule is CC(C)Oc1cc(O[C@@H]2C[C@H]3C(=O)C[C@]4(C(=O)NS(=O)(=O)C5(C)CC5)C[C@H]4/C=C\CCCCC[C@H](N)C(=O)N3C2)c2ccc(F)c(F)c2n1. The first-order chi connectivity index (χ1) is 23.1. The number of carbonyl (C=O) groups is 3. The highest BCUT2D eigenvalue weighted by molar-refractivity contribution is 7.91. The molecule has 2 saturated carbocycles. The van der Waals surface area contributed by atoms with E-state index >= 15 is 0 Å². The first kappa shape index (κ1) is 35.2. The normalized spacial score (nSPS) is 29.4. The molecule has 49 heavy (non-hydrogen) atoms. The highest BCUT2D eigenvalue weighted by atomic mass is 32.2. The Morgan fingerprint density at radius 2 is 1.92 bits per heavy atom. The Morgan fingerprint density at radius 1 is 1.16 bits per heavy atom. The second-order valence-electron chi connectivity index (χ2n) is 14.5. The van der Waals surface area contributed by atoms with Gasteiger partial charge in [0.05, 0.1) is 34.9 Å². The van der Waals surface area contributed by atoms with Crippen molar-refractivity contribution in [3.05, 3.63) is 42.0 Å². The standard InChI is InChI=1S/C35H44F2N4O7S/c1-20(2)47-29-16-28(23-11-12-24(36)30(37)31(23)39-29)48-22-15-26-27(42)18-35(33(44)40-49(45,46)34(3)13-14-34)17-21(35)9-7-5-4-6-8-10-25(38)32(43)41(26)19-22/h7,9,11-12,16,20-22,25-26H,4-6,8,10,13-15,17-19,38H2,1-3H3,(H,40,44)/b9-7-/t21-,22-,25+,26+,35-/m1/s1. The van der Waals surface area contributed by atoms with Crippen molar-refractivity contribution in [2.24, 2.45) is 17.1 Å². The number of ketones is 1. The van der Waals surface area contributed by atoms with Crippen LogP contribution in [0.1, 0.15) is 85.0 Å². The highest BCUT2D eigenvalue weighted by Crippen LogP contribution is 2.57. The van der Waals surface area contributed by atoms with Crippen molar-refractivity contribution >= 4 is 38.5 Å². The molecular weight excluding hydrogens is 658 g/mol. The van der Waals surface area contributed by atoms with E-state index in [1.807, 2.05) is 12.2 Å². The fourth-order valence-electron chi connectivity index (χ4n) is 6.94. The van der Waals surface area contributed by atoms with Crippen LogP contribution in [0.15, 0.2) is 30.4 Å². The number of benzene rings is 1. The van der Waals surface area contributed by atoms with E-state index in [-0.39, 0.29) is 53.9 Å². The summed E-state index contributed by atoms with van der Waals surface area (Å²) < 4.78 is 68.4. The summed E-state index contributed by atoms with van der Waals surface area (Å²) in [5.41, 5.74) is 4.81. The van der Waals surface area contributed by atoms with Gasteiger partial charge in [-0.3, -0.25) is 19.1 Å². The molecule has 2 aliphatic heterocycles. The zero-order valence-corrected chi connectivity index (χ0v) is 28.9. The molecule has 0 bridgehead atoms. The fraction of sp³-hybridized carbons (Fsp3) is 0.600. The van der Waals surface area contributed by atoms with E-state index in [1.165, 1.54) is 17.0 Å². The van der Waals surface area contributed by atoms with Gasteiger partial charge in [0.25, 0.3) is 0 Å². The van der Waals surface area contributed by atoms with Gasteiger partial charge in [0.2, 0.25) is 27.7 Å².